The Kier molecular flexibility index (Phi) is 3.99. The fourth-order valence-corrected chi connectivity index (χ4v) is 2.44. The number of fused-ring (bicyclic) bond motifs is 1. The highest BCUT2D eigenvalue weighted by Crippen LogP contribution is 2.31. The van der Waals surface area contributed by atoms with Gasteiger partial charge in [0, 0.05) is 42.9 Å². The van der Waals surface area contributed by atoms with Crippen LogP contribution >= 0.6 is 0 Å². The maximum atomic E-state index is 12.3. The molecule has 2 N–H and O–H groups in total. The summed E-state index contributed by atoms with van der Waals surface area (Å²) in [6.07, 6.45) is 3.44. The van der Waals surface area contributed by atoms with E-state index in [1.165, 1.54) is 6.07 Å². The van der Waals surface area contributed by atoms with Crippen LogP contribution in [0.15, 0.2) is 47.1 Å². The number of anilines is 2. The molecule has 0 bridgehead atoms. The maximum Gasteiger partial charge on any atom is 0.291 e. The molecule has 118 valence electrons. The Bertz CT molecular complexity index is 855. The van der Waals surface area contributed by atoms with E-state index in [9.17, 15) is 4.79 Å². The summed E-state index contributed by atoms with van der Waals surface area (Å²) in [6, 6.07) is 8.81. The Hall–Kier alpha value is -2.86. The summed E-state index contributed by atoms with van der Waals surface area (Å²) in [4.78, 5) is 18.4. The number of aliphatic hydroxyl groups is 1. The lowest BCUT2D eigenvalue weighted by Crippen LogP contribution is -2.13. The van der Waals surface area contributed by atoms with Crippen LogP contribution in [0.1, 0.15) is 16.3 Å². The van der Waals surface area contributed by atoms with Gasteiger partial charge in [0.2, 0.25) is 0 Å². The second-order valence-corrected chi connectivity index (χ2v) is 5.33. The minimum atomic E-state index is -0.368. The number of benzene rings is 1. The van der Waals surface area contributed by atoms with Gasteiger partial charge in [-0.1, -0.05) is 0 Å². The fourth-order valence-electron chi connectivity index (χ4n) is 2.44. The first-order valence-corrected chi connectivity index (χ1v) is 7.15. The molecule has 0 aliphatic heterocycles. The van der Waals surface area contributed by atoms with E-state index in [-0.39, 0.29) is 18.3 Å². The first-order valence-electron chi connectivity index (χ1n) is 7.15. The molecule has 6 heteroatoms. The number of rotatable bonds is 4. The molecule has 1 aromatic carbocycles. The number of aromatic nitrogens is 1. The van der Waals surface area contributed by atoms with Crippen LogP contribution in [-0.2, 0) is 6.61 Å². The van der Waals surface area contributed by atoms with E-state index in [2.05, 4.69) is 10.3 Å². The number of pyridine rings is 1. The summed E-state index contributed by atoms with van der Waals surface area (Å²) in [5, 5.41) is 13.7. The van der Waals surface area contributed by atoms with Crippen LogP contribution in [0, 0.1) is 0 Å². The van der Waals surface area contributed by atoms with Gasteiger partial charge < -0.3 is 19.7 Å². The number of hydrogen-bond donors (Lipinski definition) is 2. The molecule has 0 saturated heterocycles. The molecule has 0 saturated carbocycles. The smallest absolute Gasteiger partial charge is 0.291 e. The number of aliphatic hydroxyl groups excluding tert-OH is 1. The van der Waals surface area contributed by atoms with Crippen LogP contribution in [0.5, 0.6) is 0 Å². The number of nitrogens with zero attached hydrogens (tertiary/aromatic N) is 2. The molecule has 6 nitrogen and oxygen atoms in total. The van der Waals surface area contributed by atoms with Gasteiger partial charge in [0.25, 0.3) is 5.91 Å². The summed E-state index contributed by atoms with van der Waals surface area (Å²) in [7, 11) is 3.93. The minimum absolute atomic E-state index is 0.155. The van der Waals surface area contributed by atoms with Gasteiger partial charge in [0.15, 0.2) is 5.76 Å². The lowest BCUT2D eigenvalue weighted by Gasteiger charge is -2.17. The fraction of sp³-hybridized carbons (Fsp3) is 0.176. The summed E-state index contributed by atoms with van der Waals surface area (Å²) in [5.41, 5.74) is 1.70. The normalized spacial score (nSPS) is 10.7. The van der Waals surface area contributed by atoms with Crippen molar-refractivity contribution in [1.29, 1.82) is 0 Å². The third-order valence-corrected chi connectivity index (χ3v) is 3.57. The van der Waals surface area contributed by atoms with E-state index in [4.69, 9.17) is 9.52 Å². The predicted octanol–water partition coefficient (Wildman–Crippen LogP) is 2.64. The molecule has 0 spiro atoms. The SMILES string of the molecule is CN(C)c1ccc(NC(=O)c2ccc(CO)o2)c2cnccc12. The van der Waals surface area contributed by atoms with E-state index >= 15 is 0 Å². The van der Waals surface area contributed by atoms with E-state index in [0.29, 0.717) is 11.4 Å². The summed E-state index contributed by atoms with van der Waals surface area (Å²) >= 11 is 0. The third-order valence-electron chi connectivity index (χ3n) is 3.57. The molecule has 0 radical (unpaired) electrons. The van der Waals surface area contributed by atoms with Crippen molar-refractivity contribution in [3.8, 4) is 0 Å². The van der Waals surface area contributed by atoms with Crippen molar-refractivity contribution in [2.75, 3.05) is 24.3 Å². The lowest BCUT2D eigenvalue weighted by molar-refractivity contribution is 0.0992. The monoisotopic (exact) mass is 311 g/mol. The largest absolute Gasteiger partial charge is 0.453 e. The van der Waals surface area contributed by atoms with Gasteiger partial charge >= 0.3 is 0 Å². The number of hydrogen-bond acceptors (Lipinski definition) is 5. The highest BCUT2D eigenvalue weighted by atomic mass is 16.4. The molecular weight excluding hydrogens is 294 g/mol. The second-order valence-electron chi connectivity index (χ2n) is 5.33. The highest BCUT2D eigenvalue weighted by molar-refractivity contribution is 6.10. The zero-order valence-corrected chi connectivity index (χ0v) is 12.9. The third kappa shape index (κ3) is 2.89. The van der Waals surface area contributed by atoms with Crippen molar-refractivity contribution in [3.63, 3.8) is 0 Å². The van der Waals surface area contributed by atoms with Crippen LogP contribution < -0.4 is 10.2 Å². The number of carbonyl (C=O) groups is 1. The molecule has 3 aromatic rings. The summed E-state index contributed by atoms with van der Waals surface area (Å²) in [6.45, 7) is -0.238. The Morgan fingerprint density at radius 3 is 2.74 bits per heavy atom. The van der Waals surface area contributed by atoms with E-state index in [1.807, 2.05) is 37.2 Å². The van der Waals surface area contributed by atoms with Gasteiger partial charge in [-0.25, -0.2) is 0 Å². The second kappa shape index (κ2) is 6.10. The summed E-state index contributed by atoms with van der Waals surface area (Å²) in [5.74, 6) is 0.139. The minimum Gasteiger partial charge on any atom is -0.453 e. The topological polar surface area (TPSA) is 78.6 Å². The molecule has 0 atom stereocenters. The molecule has 2 aromatic heterocycles. The van der Waals surface area contributed by atoms with Crippen LogP contribution in [-0.4, -0.2) is 30.1 Å². The zero-order chi connectivity index (χ0) is 16.4. The zero-order valence-electron chi connectivity index (χ0n) is 12.9. The molecule has 2 heterocycles. The first-order chi connectivity index (χ1) is 11.1. The van der Waals surface area contributed by atoms with Crippen molar-refractivity contribution in [2.24, 2.45) is 0 Å². The quantitative estimate of drug-likeness (QED) is 0.774. The van der Waals surface area contributed by atoms with Crippen LogP contribution in [0.3, 0.4) is 0 Å². The Morgan fingerprint density at radius 2 is 2.04 bits per heavy atom. The van der Waals surface area contributed by atoms with E-state index in [0.717, 1.165) is 16.5 Å². The molecule has 0 fully saturated rings. The van der Waals surface area contributed by atoms with Crippen LogP contribution in [0.2, 0.25) is 0 Å². The van der Waals surface area contributed by atoms with Gasteiger partial charge in [-0.15, -0.1) is 0 Å². The lowest BCUT2D eigenvalue weighted by atomic mass is 10.1. The number of carbonyl (C=O) groups excluding carboxylic acids is 1. The summed E-state index contributed by atoms with van der Waals surface area (Å²) < 4.78 is 5.25. The van der Waals surface area contributed by atoms with Gasteiger partial charge in [0.1, 0.15) is 12.4 Å². The molecule has 23 heavy (non-hydrogen) atoms. The Morgan fingerprint density at radius 1 is 1.22 bits per heavy atom. The molecule has 0 aliphatic rings. The number of amides is 1. The van der Waals surface area contributed by atoms with Crippen molar-refractivity contribution in [1.82, 2.24) is 4.98 Å². The van der Waals surface area contributed by atoms with Gasteiger partial charge in [-0.2, -0.15) is 0 Å². The van der Waals surface area contributed by atoms with Crippen molar-refractivity contribution in [2.45, 2.75) is 6.61 Å². The molecule has 0 unspecified atom stereocenters. The van der Waals surface area contributed by atoms with E-state index < -0.39 is 0 Å². The van der Waals surface area contributed by atoms with E-state index in [1.54, 1.807) is 18.5 Å². The molecular formula is C17H17N3O3. The van der Waals surface area contributed by atoms with Crippen molar-refractivity contribution in [3.05, 3.63) is 54.2 Å². The molecule has 0 aliphatic carbocycles. The first kappa shape index (κ1) is 15.1. The number of furan rings is 1. The van der Waals surface area contributed by atoms with Crippen molar-refractivity contribution < 1.29 is 14.3 Å². The predicted molar refractivity (Wildman–Crippen MR) is 88.7 cm³/mol. The van der Waals surface area contributed by atoms with Crippen LogP contribution in [0.25, 0.3) is 10.8 Å². The van der Waals surface area contributed by atoms with Gasteiger partial charge in [0.05, 0.1) is 5.69 Å². The standard InChI is InChI=1S/C17H17N3O3/c1-20(2)15-5-4-14(13-9-18-8-7-12(13)15)19-17(22)16-6-3-11(10-21)23-16/h3-9,21H,10H2,1-2H3,(H,19,22). The van der Waals surface area contributed by atoms with Crippen LogP contribution in [0.4, 0.5) is 11.4 Å². The Balaban J connectivity index is 1.97. The van der Waals surface area contributed by atoms with Gasteiger partial charge in [-0.3, -0.25) is 9.78 Å². The average molecular weight is 311 g/mol. The average Bonchev–Trinajstić information content (AvgIpc) is 3.04. The molecule has 1 amide bonds. The maximum absolute atomic E-state index is 12.3. The van der Waals surface area contributed by atoms with Crippen molar-refractivity contribution >= 4 is 28.1 Å². The highest BCUT2D eigenvalue weighted by Gasteiger charge is 2.14. The van der Waals surface area contributed by atoms with Gasteiger partial charge in [-0.05, 0) is 30.3 Å². The number of nitrogens with one attached hydrogen (secondary N) is 1. The Labute approximate surface area is 133 Å². The molecule has 3 rings (SSSR count).